The van der Waals surface area contributed by atoms with Crippen LogP contribution in [0.4, 0.5) is 11.5 Å². The van der Waals surface area contributed by atoms with Crippen molar-refractivity contribution in [2.24, 2.45) is 0 Å². The molecule has 1 heterocycles. The molecule has 4 heteroatoms. The molecule has 0 aliphatic heterocycles. The number of nitrogens with zero attached hydrogens (tertiary/aromatic N) is 1. The maximum Gasteiger partial charge on any atom is 0.126 e. The molecule has 0 atom stereocenters. The van der Waals surface area contributed by atoms with Gasteiger partial charge in [0.15, 0.2) is 0 Å². The molecule has 1 aromatic heterocycles. The fourth-order valence-corrected chi connectivity index (χ4v) is 5.27. The van der Waals surface area contributed by atoms with E-state index in [-0.39, 0.29) is 0 Å². The van der Waals surface area contributed by atoms with E-state index >= 15 is 0 Å². The molecule has 178 valence electrons. The first-order valence-corrected chi connectivity index (χ1v) is 12.7. The number of anilines is 2. The van der Waals surface area contributed by atoms with Gasteiger partial charge >= 0.3 is 0 Å². The highest BCUT2D eigenvalue weighted by molar-refractivity contribution is 6.35. The van der Waals surface area contributed by atoms with Crippen molar-refractivity contribution in [3.8, 4) is 22.3 Å². The van der Waals surface area contributed by atoms with Crippen LogP contribution in [0, 0.1) is 20.8 Å². The summed E-state index contributed by atoms with van der Waals surface area (Å²) in [5, 5.41) is 7.83. The largest absolute Gasteiger partial charge is 0.382 e. The minimum absolute atomic E-state index is 0.557. The lowest BCUT2D eigenvalue weighted by molar-refractivity contribution is 0.750. The van der Waals surface area contributed by atoms with E-state index in [0.717, 1.165) is 39.8 Å². The van der Waals surface area contributed by atoms with E-state index in [4.69, 9.17) is 16.6 Å². The molecule has 0 radical (unpaired) electrons. The molecule has 0 bridgehead atoms. The number of allylic oxidation sites excluding steroid dienone is 1. The number of rotatable bonds is 7. The summed E-state index contributed by atoms with van der Waals surface area (Å²) in [6, 6.07) is 13.4. The minimum Gasteiger partial charge on any atom is -0.382 e. The first-order valence-electron chi connectivity index (χ1n) is 12.3. The Morgan fingerprint density at radius 1 is 0.912 bits per heavy atom. The maximum atomic E-state index is 7.00. The predicted molar refractivity (Wildman–Crippen MR) is 148 cm³/mol. The topological polar surface area (TPSA) is 37.0 Å². The van der Waals surface area contributed by atoms with Gasteiger partial charge in [0.1, 0.15) is 5.82 Å². The molecule has 34 heavy (non-hydrogen) atoms. The predicted octanol–water partition coefficient (Wildman–Crippen LogP) is 8.73. The number of nitrogens with one attached hydrogen (secondary N) is 2. The Balaban J connectivity index is 1.61. The number of benzene rings is 2. The molecule has 3 aromatic rings. The Bertz CT molecular complexity index is 1140. The molecule has 1 fully saturated rings. The average molecular weight is 474 g/mol. The highest BCUT2D eigenvalue weighted by Gasteiger charge is 2.19. The van der Waals surface area contributed by atoms with Gasteiger partial charge in [0.25, 0.3) is 0 Å². The third kappa shape index (κ3) is 5.31. The van der Waals surface area contributed by atoms with E-state index in [2.05, 4.69) is 87.7 Å². The lowest BCUT2D eigenvalue weighted by Crippen LogP contribution is -2.15. The molecular weight excluding hydrogens is 438 g/mol. The Hall–Kier alpha value is -2.78. The summed E-state index contributed by atoms with van der Waals surface area (Å²) in [4.78, 5) is 4.70. The highest BCUT2D eigenvalue weighted by Crippen LogP contribution is 2.42. The Kier molecular flexibility index (Phi) is 7.63. The van der Waals surface area contributed by atoms with Gasteiger partial charge in [0.2, 0.25) is 0 Å². The Labute approximate surface area is 209 Å². The van der Waals surface area contributed by atoms with Crippen LogP contribution >= 0.6 is 11.6 Å². The highest BCUT2D eigenvalue weighted by atomic mass is 35.5. The van der Waals surface area contributed by atoms with Gasteiger partial charge < -0.3 is 10.6 Å². The van der Waals surface area contributed by atoms with Crippen LogP contribution in [0.1, 0.15) is 56.2 Å². The maximum absolute atomic E-state index is 7.00. The lowest BCUT2D eigenvalue weighted by atomic mass is 9.87. The van der Waals surface area contributed by atoms with Gasteiger partial charge in [-0.25, -0.2) is 4.98 Å². The third-order valence-corrected chi connectivity index (χ3v) is 7.46. The van der Waals surface area contributed by atoms with Crippen LogP contribution in [0.2, 0.25) is 5.02 Å². The summed E-state index contributed by atoms with van der Waals surface area (Å²) < 4.78 is 0. The van der Waals surface area contributed by atoms with Crippen LogP contribution in [-0.4, -0.2) is 17.6 Å². The standard InChI is InChI=1S/C30H36ClN3/c1-19(2)16-17-32-25-13-10-23(11-14-25)28-20(3)21(4)29(30(31)22(28)5)24-12-15-27(33-18-24)34-26-8-6-7-9-26/h10-16,18,26,32H,6-9,17H2,1-5H3,(H,33,34). The van der Waals surface area contributed by atoms with E-state index in [1.807, 2.05) is 6.20 Å². The summed E-state index contributed by atoms with van der Waals surface area (Å²) in [5.41, 5.74) is 10.6. The second-order valence-electron chi connectivity index (χ2n) is 9.74. The zero-order valence-electron chi connectivity index (χ0n) is 21.1. The fraction of sp³-hybridized carbons (Fsp3) is 0.367. The van der Waals surface area contributed by atoms with Gasteiger partial charge in [-0.2, -0.15) is 0 Å². The molecule has 2 N–H and O–H groups in total. The van der Waals surface area contributed by atoms with E-state index < -0.39 is 0 Å². The molecule has 0 unspecified atom stereocenters. The second kappa shape index (κ2) is 10.7. The van der Waals surface area contributed by atoms with Crippen LogP contribution in [0.15, 0.2) is 54.2 Å². The third-order valence-electron chi connectivity index (χ3n) is 6.99. The average Bonchev–Trinajstić information content (AvgIpc) is 3.33. The van der Waals surface area contributed by atoms with Crippen molar-refractivity contribution >= 4 is 23.1 Å². The van der Waals surface area contributed by atoms with E-state index in [1.54, 1.807) is 0 Å². The number of hydrogen-bond acceptors (Lipinski definition) is 3. The van der Waals surface area contributed by atoms with Crippen LogP contribution in [-0.2, 0) is 0 Å². The second-order valence-corrected chi connectivity index (χ2v) is 10.1. The van der Waals surface area contributed by atoms with Gasteiger partial charge in [-0.1, -0.05) is 48.2 Å². The molecule has 1 saturated carbocycles. The monoisotopic (exact) mass is 473 g/mol. The molecule has 1 aliphatic carbocycles. The summed E-state index contributed by atoms with van der Waals surface area (Å²) in [7, 11) is 0. The molecule has 2 aromatic carbocycles. The molecular formula is C30H36ClN3. The first kappa shape index (κ1) is 24.3. The zero-order chi connectivity index (χ0) is 24.2. The van der Waals surface area contributed by atoms with Crippen molar-refractivity contribution in [2.45, 2.75) is 66.3 Å². The van der Waals surface area contributed by atoms with Crippen molar-refractivity contribution in [3.05, 3.63) is 76.0 Å². The van der Waals surface area contributed by atoms with Crippen LogP contribution in [0.5, 0.6) is 0 Å². The summed E-state index contributed by atoms with van der Waals surface area (Å²) in [5.74, 6) is 0.952. The van der Waals surface area contributed by atoms with Crippen molar-refractivity contribution in [2.75, 3.05) is 17.2 Å². The van der Waals surface area contributed by atoms with Gasteiger partial charge in [0.05, 0.1) is 5.02 Å². The fourth-order valence-electron chi connectivity index (χ4n) is 4.93. The number of pyridine rings is 1. The van der Waals surface area contributed by atoms with E-state index in [9.17, 15) is 0 Å². The molecule has 0 spiro atoms. The van der Waals surface area contributed by atoms with Crippen LogP contribution in [0.3, 0.4) is 0 Å². The number of aromatic nitrogens is 1. The van der Waals surface area contributed by atoms with Gasteiger partial charge in [-0.05, 0) is 99.5 Å². The van der Waals surface area contributed by atoms with Gasteiger partial charge in [-0.3, -0.25) is 0 Å². The summed E-state index contributed by atoms with van der Waals surface area (Å²) in [6.07, 6.45) is 9.24. The Morgan fingerprint density at radius 2 is 1.56 bits per heavy atom. The lowest BCUT2D eigenvalue weighted by Gasteiger charge is -2.20. The molecule has 0 saturated heterocycles. The quantitative estimate of drug-likeness (QED) is 0.337. The Morgan fingerprint density at radius 3 is 2.18 bits per heavy atom. The summed E-state index contributed by atoms with van der Waals surface area (Å²) >= 11 is 7.00. The SMILES string of the molecule is CC(C)=CCNc1ccc(-c2c(C)c(C)c(-c3ccc(NC4CCCC4)nc3)c(Cl)c2C)cc1. The number of halogens is 1. The summed E-state index contributed by atoms with van der Waals surface area (Å²) in [6.45, 7) is 11.6. The smallest absolute Gasteiger partial charge is 0.126 e. The van der Waals surface area contributed by atoms with Crippen molar-refractivity contribution in [1.29, 1.82) is 0 Å². The minimum atomic E-state index is 0.557. The molecule has 3 nitrogen and oxygen atoms in total. The van der Waals surface area contributed by atoms with Crippen molar-refractivity contribution in [3.63, 3.8) is 0 Å². The van der Waals surface area contributed by atoms with Crippen LogP contribution < -0.4 is 10.6 Å². The molecule has 1 aliphatic rings. The molecule has 0 amide bonds. The van der Waals surface area contributed by atoms with Crippen molar-refractivity contribution in [1.82, 2.24) is 4.98 Å². The normalized spacial score (nSPS) is 13.7. The van der Waals surface area contributed by atoms with E-state index in [1.165, 1.54) is 53.5 Å². The zero-order valence-corrected chi connectivity index (χ0v) is 21.8. The molecule has 4 rings (SSSR count). The van der Waals surface area contributed by atoms with Crippen molar-refractivity contribution < 1.29 is 0 Å². The van der Waals surface area contributed by atoms with Gasteiger partial charge in [-0.15, -0.1) is 0 Å². The van der Waals surface area contributed by atoms with E-state index in [0.29, 0.717) is 6.04 Å². The number of hydrogen-bond donors (Lipinski definition) is 2. The van der Waals surface area contributed by atoms with Crippen LogP contribution in [0.25, 0.3) is 22.3 Å². The first-order chi connectivity index (χ1) is 16.3. The van der Waals surface area contributed by atoms with Gasteiger partial charge in [0, 0.05) is 35.6 Å².